The second kappa shape index (κ2) is 10.1. The van der Waals surface area contributed by atoms with Gasteiger partial charge >= 0.3 is 5.97 Å². The highest BCUT2D eigenvalue weighted by atomic mass is 16.4. The van der Waals surface area contributed by atoms with Crippen LogP contribution in [0.2, 0.25) is 0 Å². The van der Waals surface area contributed by atoms with E-state index in [-0.39, 0.29) is 12.3 Å². The van der Waals surface area contributed by atoms with Gasteiger partial charge in [-0.25, -0.2) is 4.98 Å². The lowest BCUT2D eigenvalue weighted by molar-refractivity contribution is -0.137. The number of hydrogen-bond donors (Lipinski definition) is 3. The Kier molecular flexibility index (Phi) is 7.43. The number of nitrogens with one attached hydrogen (secondary N) is 2. The number of rotatable bonds is 10. The van der Waals surface area contributed by atoms with E-state index in [9.17, 15) is 9.59 Å². The SMILES string of the molecule is O=C(O)CCc1ccc(NC(=O)CCCCNc2ccccn2)cc1. The van der Waals surface area contributed by atoms with Crippen molar-refractivity contribution in [2.24, 2.45) is 0 Å². The van der Waals surface area contributed by atoms with E-state index in [1.807, 2.05) is 30.3 Å². The number of anilines is 2. The number of carbonyl (C=O) groups is 2. The summed E-state index contributed by atoms with van der Waals surface area (Å²) in [6, 6.07) is 13.0. The van der Waals surface area contributed by atoms with Crippen molar-refractivity contribution in [2.75, 3.05) is 17.2 Å². The molecule has 0 atom stereocenters. The van der Waals surface area contributed by atoms with E-state index in [2.05, 4.69) is 15.6 Å². The summed E-state index contributed by atoms with van der Waals surface area (Å²) in [5.74, 6) is 0.0148. The number of benzene rings is 1. The molecule has 132 valence electrons. The minimum absolute atomic E-state index is 0.0175. The van der Waals surface area contributed by atoms with Crippen LogP contribution in [-0.2, 0) is 16.0 Å². The molecule has 0 fully saturated rings. The van der Waals surface area contributed by atoms with Crippen LogP contribution in [0, 0.1) is 0 Å². The molecule has 0 aliphatic carbocycles. The molecule has 0 radical (unpaired) electrons. The van der Waals surface area contributed by atoms with Gasteiger partial charge in [-0.3, -0.25) is 9.59 Å². The van der Waals surface area contributed by atoms with Crippen LogP contribution in [0.15, 0.2) is 48.7 Å². The molecule has 25 heavy (non-hydrogen) atoms. The molecule has 2 aromatic rings. The van der Waals surface area contributed by atoms with Gasteiger partial charge in [0.2, 0.25) is 5.91 Å². The third-order valence-corrected chi connectivity index (χ3v) is 3.67. The van der Waals surface area contributed by atoms with Crippen molar-refractivity contribution in [3.05, 3.63) is 54.2 Å². The van der Waals surface area contributed by atoms with Gasteiger partial charge in [0.15, 0.2) is 0 Å². The molecule has 0 saturated carbocycles. The zero-order valence-corrected chi connectivity index (χ0v) is 14.1. The molecular formula is C19H23N3O3. The number of carboxylic acids is 1. The van der Waals surface area contributed by atoms with Crippen molar-refractivity contribution in [2.45, 2.75) is 32.1 Å². The van der Waals surface area contributed by atoms with E-state index in [4.69, 9.17) is 5.11 Å². The monoisotopic (exact) mass is 341 g/mol. The lowest BCUT2D eigenvalue weighted by Gasteiger charge is -2.07. The van der Waals surface area contributed by atoms with Crippen LogP contribution >= 0.6 is 0 Å². The highest BCUT2D eigenvalue weighted by Crippen LogP contribution is 2.12. The van der Waals surface area contributed by atoms with Gasteiger partial charge in [0.1, 0.15) is 5.82 Å². The fourth-order valence-electron chi connectivity index (χ4n) is 2.32. The number of amides is 1. The maximum Gasteiger partial charge on any atom is 0.303 e. The van der Waals surface area contributed by atoms with Crippen molar-refractivity contribution >= 4 is 23.4 Å². The number of aliphatic carboxylic acids is 1. The van der Waals surface area contributed by atoms with Crippen LogP contribution < -0.4 is 10.6 Å². The van der Waals surface area contributed by atoms with Crippen LogP contribution in [0.5, 0.6) is 0 Å². The summed E-state index contributed by atoms with van der Waals surface area (Å²) in [5, 5.41) is 14.7. The molecular weight excluding hydrogens is 318 g/mol. The molecule has 1 heterocycles. The second-order valence-corrected chi connectivity index (χ2v) is 5.74. The highest BCUT2D eigenvalue weighted by Gasteiger charge is 2.03. The summed E-state index contributed by atoms with van der Waals surface area (Å²) < 4.78 is 0. The number of unbranched alkanes of at least 4 members (excludes halogenated alkanes) is 1. The largest absolute Gasteiger partial charge is 0.481 e. The van der Waals surface area contributed by atoms with Gasteiger partial charge < -0.3 is 15.7 Å². The van der Waals surface area contributed by atoms with Crippen molar-refractivity contribution in [3.8, 4) is 0 Å². The van der Waals surface area contributed by atoms with Crippen LogP contribution in [0.4, 0.5) is 11.5 Å². The molecule has 6 heteroatoms. The number of hydrogen-bond acceptors (Lipinski definition) is 4. The quantitative estimate of drug-likeness (QED) is 0.577. The van der Waals surface area contributed by atoms with Crippen molar-refractivity contribution in [1.29, 1.82) is 0 Å². The number of nitrogens with zero attached hydrogens (tertiary/aromatic N) is 1. The first-order chi connectivity index (χ1) is 12.1. The Bertz CT molecular complexity index is 672. The van der Waals surface area contributed by atoms with Gasteiger partial charge in [-0.2, -0.15) is 0 Å². The van der Waals surface area contributed by atoms with Crippen molar-refractivity contribution < 1.29 is 14.7 Å². The molecule has 0 bridgehead atoms. The molecule has 1 aromatic carbocycles. The Hall–Kier alpha value is -2.89. The lowest BCUT2D eigenvalue weighted by atomic mass is 10.1. The lowest BCUT2D eigenvalue weighted by Crippen LogP contribution is -2.12. The van der Waals surface area contributed by atoms with Crippen LogP contribution in [-0.4, -0.2) is 28.5 Å². The highest BCUT2D eigenvalue weighted by molar-refractivity contribution is 5.90. The fourth-order valence-corrected chi connectivity index (χ4v) is 2.32. The minimum atomic E-state index is -0.810. The summed E-state index contributed by atoms with van der Waals surface area (Å²) in [4.78, 5) is 26.6. The zero-order valence-electron chi connectivity index (χ0n) is 14.1. The minimum Gasteiger partial charge on any atom is -0.481 e. The standard InChI is InChI=1S/C19H23N3O3/c23-18(6-2-4-14-21-17-5-1-3-13-20-17)22-16-10-7-15(8-11-16)9-12-19(24)25/h1,3,5,7-8,10-11,13H,2,4,6,9,12,14H2,(H,20,21)(H,22,23)(H,24,25). The third-order valence-electron chi connectivity index (χ3n) is 3.67. The summed E-state index contributed by atoms with van der Waals surface area (Å²) in [6.45, 7) is 0.780. The Morgan fingerprint density at radius 2 is 1.80 bits per heavy atom. The van der Waals surface area contributed by atoms with Gasteiger partial charge in [-0.15, -0.1) is 0 Å². The summed E-state index contributed by atoms with van der Waals surface area (Å²) in [5.41, 5.74) is 1.68. The molecule has 3 N–H and O–H groups in total. The third kappa shape index (κ3) is 7.48. The Morgan fingerprint density at radius 3 is 2.48 bits per heavy atom. The maximum atomic E-state index is 11.9. The molecule has 0 aliphatic rings. The van der Waals surface area contributed by atoms with E-state index in [1.54, 1.807) is 18.3 Å². The van der Waals surface area contributed by atoms with Gasteiger partial charge in [0, 0.05) is 31.3 Å². The second-order valence-electron chi connectivity index (χ2n) is 5.74. The first-order valence-electron chi connectivity index (χ1n) is 8.39. The van der Waals surface area contributed by atoms with E-state index >= 15 is 0 Å². The maximum absolute atomic E-state index is 11.9. The van der Waals surface area contributed by atoms with Crippen LogP contribution in [0.25, 0.3) is 0 Å². The molecule has 0 saturated heterocycles. The average Bonchev–Trinajstić information content (AvgIpc) is 2.61. The van der Waals surface area contributed by atoms with Crippen molar-refractivity contribution in [3.63, 3.8) is 0 Å². The molecule has 0 aliphatic heterocycles. The predicted molar refractivity (Wildman–Crippen MR) is 97.6 cm³/mol. The van der Waals surface area contributed by atoms with E-state index in [1.165, 1.54) is 0 Å². The zero-order chi connectivity index (χ0) is 17.9. The number of aromatic nitrogens is 1. The van der Waals surface area contributed by atoms with E-state index < -0.39 is 5.97 Å². The topological polar surface area (TPSA) is 91.3 Å². The number of carboxylic acid groups (broad SMARTS) is 1. The van der Waals surface area contributed by atoms with Gasteiger partial charge in [0.05, 0.1) is 0 Å². The van der Waals surface area contributed by atoms with Crippen molar-refractivity contribution in [1.82, 2.24) is 4.98 Å². The van der Waals surface area contributed by atoms with Gasteiger partial charge in [-0.1, -0.05) is 18.2 Å². The Labute approximate surface area is 147 Å². The van der Waals surface area contributed by atoms with E-state index in [0.717, 1.165) is 36.5 Å². The van der Waals surface area contributed by atoms with E-state index in [0.29, 0.717) is 12.8 Å². The molecule has 2 rings (SSSR count). The first kappa shape index (κ1) is 18.4. The molecule has 6 nitrogen and oxygen atoms in total. The molecule has 0 unspecified atom stereocenters. The van der Waals surface area contributed by atoms with Gasteiger partial charge in [0.25, 0.3) is 0 Å². The first-order valence-corrected chi connectivity index (χ1v) is 8.39. The number of aryl methyl sites for hydroxylation is 1. The Balaban J connectivity index is 1.62. The number of carbonyl (C=O) groups excluding carboxylic acids is 1. The molecule has 1 amide bonds. The van der Waals surface area contributed by atoms with Crippen LogP contribution in [0.3, 0.4) is 0 Å². The smallest absolute Gasteiger partial charge is 0.303 e. The molecule has 1 aromatic heterocycles. The summed E-state index contributed by atoms with van der Waals surface area (Å²) in [6.07, 6.45) is 4.49. The number of pyridine rings is 1. The average molecular weight is 341 g/mol. The Morgan fingerprint density at radius 1 is 1.00 bits per heavy atom. The normalized spacial score (nSPS) is 10.2. The van der Waals surface area contributed by atoms with Gasteiger partial charge in [-0.05, 0) is 49.1 Å². The predicted octanol–water partition coefficient (Wildman–Crippen LogP) is 3.32. The summed E-state index contributed by atoms with van der Waals surface area (Å²) in [7, 11) is 0. The fraction of sp³-hybridized carbons (Fsp3) is 0.316. The molecule has 0 spiro atoms. The summed E-state index contributed by atoms with van der Waals surface area (Å²) >= 11 is 0. The van der Waals surface area contributed by atoms with Crippen LogP contribution in [0.1, 0.15) is 31.2 Å².